The van der Waals surface area contributed by atoms with Crippen molar-refractivity contribution in [2.24, 2.45) is 0 Å². The van der Waals surface area contributed by atoms with E-state index in [9.17, 15) is 0 Å². The molecular weight excluding hydrogens is 188 g/mol. The standard InChI is InChI=1S/C11H18N4/c1-9-12-6-3-11(13-9)14-10-4-7-15(2)8-5-10/h3,6,10H,4-5,7-8H2,1-2H3,(H,12,13,14). The summed E-state index contributed by atoms with van der Waals surface area (Å²) in [4.78, 5) is 10.8. The topological polar surface area (TPSA) is 41.1 Å². The van der Waals surface area contributed by atoms with Crippen LogP contribution < -0.4 is 5.32 Å². The van der Waals surface area contributed by atoms with Crippen molar-refractivity contribution in [2.75, 3.05) is 25.5 Å². The van der Waals surface area contributed by atoms with E-state index in [2.05, 4.69) is 27.2 Å². The van der Waals surface area contributed by atoms with Crippen molar-refractivity contribution in [1.82, 2.24) is 14.9 Å². The predicted molar refractivity (Wildman–Crippen MR) is 60.9 cm³/mol. The first-order valence-corrected chi connectivity index (χ1v) is 5.49. The summed E-state index contributed by atoms with van der Waals surface area (Å²) in [6.07, 6.45) is 4.19. The molecule has 1 N–H and O–H groups in total. The van der Waals surface area contributed by atoms with Gasteiger partial charge in [-0.1, -0.05) is 0 Å². The summed E-state index contributed by atoms with van der Waals surface area (Å²) in [6.45, 7) is 4.25. The van der Waals surface area contributed by atoms with Gasteiger partial charge in [-0.15, -0.1) is 0 Å². The van der Waals surface area contributed by atoms with Crippen molar-refractivity contribution in [1.29, 1.82) is 0 Å². The highest BCUT2D eigenvalue weighted by Crippen LogP contribution is 2.13. The number of anilines is 1. The number of hydrogen-bond acceptors (Lipinski definition) is 4. The van der Waals surface area contributed by atoms with E-state index in [4.69, 9.17) is 0 Å². The fourth-order valence-electron chi connectivity index (χ4n) is 1.90. The van der Waals surface area contributed by atoms with Crippen LogP contribution in [0.15, 0.2) is 12.3 Å². The Kier molecular flexibility index (Phi) is 3.16. The van der Waals surface area contributed by atoms with E-state index in [1.165, 1.54) is 25.9 Å². The molecule has 0 bridgehead atoms. The third kappa shape index (κ3) is 2.89. The highest BCUT2D eigenvalue weighted by molar-refractivity contribution is 5.34. The van der Waals surface area contributed by atoms with Crippen LogP contribution in [0.25, 0.3) is 0 Å². The number of aromatic nitrogens is 2. The van der Waals surface area contributed by atoms with Gasteiger partial charge in [0.05, 0.1) is 0 Å². The van der Waals surface area contributed by atoms with Gasteiger partial charge in [-0.2, -0.15) is 0 Å². The first kappa shape index (κ1) is 10.4. The SMILES string of the molecule is Cc1nccc(NC2CCN(C)CC2)n1. The molecule has 0 radical (unpaired) electrons. The number of likely N-dealkylation sites (tertiary alicyclic amines) is 1. The van der Waals surface area contributed by atoms with Crippen LogP contribution in [0.5, 0.6) is 0 Å². The molecule has 0 aliphatic carbocycles. The maximum absolute atomic E-state index is 4.35. The molecule has 1 saturated heterocycles. The Hall–Kier alpha value is -1.16. The molecular formula is C11H18N4. The molecule has 1 aromatic heterocycles. The number of aryl methyl sites for hydroxylation is 1. The quantitative estimate of drug-likeness (QED) is 0.791. The smallest absolute Gasteiger partial charge is 0.129 e. The summed E-state index contributed by atoms with van der Waals surface area (Å²) in [7, 11) is 2.17. The summed E-state index contributed by atoms with van der Waals surface area (Å²) in [5.41, 5.74) is 0. The van der Waals surface area contributed by atoms with Crippen molar-refractivity contribution in [3.05, 3.63) is 18.1 Å². The summed E-state index contributed by atoms with van der Waals surface area (Å²) < 4.78 is 0. The van der Waals surface area contributed by atoms with Gasteiger partial charge in [-0.25, -0.2) is 9.97 Å². The van der Waals surface area contributed by atoms with Crippen molar-refractivity contribution < 1.29 is 0 Å². The van der Waals surface area contributed by atoms with Gasteiger partial charge in [0.15, 0.2) is 0 Å². The lowest BCUT2D eigenvalue weighted by atomic mass is 10.1. The van der Waals surface area contributed by atoms with E-state index in [1.54, 1.807) is 6.20 Å². The molecule has 1 aromatic rings. The van der Waals surface area contributed by atoms with E-state index in [-0.39, 0.29) is 0 Å². The lowest BCUT2D eigenvalue weighted by molar-refractivity contribution is 0.263. The molecule has 0 spiro atoms. The molecule has 15 heavy (non-hydrogen) atoms. The molecule has 4 nitrogen and oxygen atoms in total. The van der Waals surface area contributed by atoms with Crippen molar-refractivity contribution >= 4 is 5.82 Å². The van der Waals surface area contributed by atoms with E-state index in [0.717, 1.165) is 11.6 Å². The third-order valence-corrected chi connectivity index (χ3v) is 2.85. The monoisotopic (exact) mass is 206 g/mol. The average Bonchev–Trinajstić information content (AvgIpc) is 2.22. The minimum absolute atomic E-state index is 0.565. The van der Waals surface area contributed by atoms with E-state index in [1.807, 2.05) is 13.0 Å². The van der Waals surface area contributed by atoms with Crippen LogP contribution in [0, 0.1) is 6.92 Å². The van der Waals surface area contributed by atoms with Gasteiger partial charge in [-0.05, 0) is 46.0 Å². The van der Waals surface area contributed by atoms with Crippen LogP contribution in [-0.4, -0.2) is 41.0 Å². The highest BCUT2D eigenvalue weighted by Gasteiger charge is 2.16. The van der Waals surface area contributed by atoms with Gasteiger partial charge in [-0.3, -0.25) is 0 Å². The van der Waals surface area contributed by atoms with E-state index < -0.39 is 0 Å². The molecule has 1 aliphatic rings. The predicted octanol–water partition coefficient (Wildman–Crippen LogP) is 1.29. The van der Waals surface area contributed by atoms with Crippen LogP contribution in [0.3, 0.4) is 0 Å². The van der Waals surface area contributed by atoms with Crippen molar-refractivity contribution in [3.63, 3.8) is 0 Å². The Morgan fingerprint density at radius 1 is 1.40 bits per heavy atom. The number of nitrogens with one attached hydrogen (secondary N) is 1. The zero-order chi connectivity index (χ0) is 10.7. The number of piperidine rings is 1. The molecule has 1 aliphatic heterocycles. The summed E-state index contributed by atoms with van der Waals surface area (Å²) in [6, 6.07) is 2.50. The van der Waals surface area contributed by atoms with Gasteiger partial charge in [0.1, 0.15) is 11.6 Å². The van der Waals surface area contributed by atoms with Crippen LogP contribution in [0.1, 0.15) is 18.7 Å². The highest BCUT2D eigenvalue weighted by atomic mass is 15.1. The largest absolute Gasteiger partial charge is 0.367 e. The molecule has 0 saturated carbocycles. The van der Waals surface area contributed by atoms with E-state index >= 15 is 0 Å². The second-order valence-electron chi connectivity index (χ2n) is 4.21. The first-order valence-electron chi connectivity index (χ1n) is 5.49. The fourth-order valence-corrected chi connectivity index (χ4v) is 1.90. The normalized spacial score (nSPS) is 19.1. The van der Waals surface area contributed by atoms with E-state index in [0.29, 0.717) is 6.04 Å². The maximum atomic E-state index is 4.35. The molecule has 0 unspecified atom stereocenters. The Morgan fingerprint density at radius 3 is 2.80 bits per heavy atom. The Bertz CT molecular complexity index is 318. The Balaban J connectivity index is 1.92. The number of nitrogens with zero attached hydrogens (tertiary/aromatic N) is 3. The molecule has 0 aromatic carbocycles. The lowest BCUT2D eigenvalue weighted by Gasteiger charge is -2.29. The molecule has 0 amide bonds. The zero-order valence-corrected chi connectivity index (χ0v) is 9.40. The van der Waals surface area contributed by atoms with Crippen LogP contribution in [0.2, 0.25) is 0 Å². The molecule has 2 rings (SSSR count). The van der Waals surface area contributed by atoms with Gasteiger partial charge >= 0.3 is 0 Å². The second-order valence-corrected chi connectivity index (χ2v) is 4.21. The third-order valence-electron chi connectivity index (χ3n) is 2.85. The number of hydrogen-bond donors (Lipinski definition) is 1. The zero-order valence-electron chi connectivity index (χ0n) is 9.40. The van der Waals surface area contributed by atoms with Gasteiger partial charge in [0.2, 0.25) is 0 Å². The molecule has 4 heteroatoms. The summed E-state index contributed by atoms with van der Waals surface area (Å²) in [5, 5.41) is 3.46. The van der Waals surface area contributed by atoms with Gasteiger partial charge in [0, 0.05) is 12.2 Å². The molecule has 1 fully saturated rings. The number of rotatable bonds is 2. The molecule has 82 valence electrons. The minimum atomic E-state index is 0.565. The summed E-state index contributed by atoms with van der Waals surface area (Å²) in [5.74, 6) is 1.78. The molecule has 2 heterocycles. The second kappa shape index (κ2) is 4.57. The van der Waals surface area contributed by atoms with Crippen LogP contribution in [-0.2, 0) is 0 Å². The van der Waals surface area contributed by atoms with Gasteiger partial charge in [0.25, 0.3) is 0 Å². The Morgan fingerprint density at radius 2 is 2.13 bits per heavy atom. The van der Waals surface area contributed by atoms with Crippen LogP contribution >= 0.6 is 0 Å². The lowest BCUT2D eigenvalue weighted by Crippen LogP contribution is -2.36. The first-order chi connectivity index (χ1) is 7.24. The van der Waals surface area contributed by atoms with Gasteiger partial charge < -0.3 is 10.2 Å². The van der Waals surface area contributed by atoms with Crippen molar-refractivity contribution in [3.8, 4) is 0 Å². The maximum Gasteiger partial charge on any atom is 0.129 e. The molecule has 0 atom stereocenters. The Labute approximate surface area is 90.7 Å². The minimum Gasteiger partial charge on any atom is -0.367 e. The van der Waals surface area contributed by atoms with Crippen LogP contribution in [0.4, 0.5) is 5.82 Å². The summed E-state index contributed by atoms with van der Waals surface area (Å²) >= 11 is 0. The average molecular weight is 206 g/mol. The van der Waals surface area contributed by atoms with Crippen molar-refractivity contribution in [2.45, 2.75) is 25.8 Å². The fraction of sp³-hybridized carbons (Fsp3) is 0.636.